The lowest BCUT2D eigenvalue weighted by molar-refractivity contribution is 0.342. The van der Waals surface area contributed by atoms with Gasteiger partial charge < -0.3 is 19.6 Å². The zero-order chi connectivity index (χ0) is 11.1. The molecule has 3 rings (SSSR count). The van der Waals surface area contributed by atoms with Crippen molar-refractivity contribution in [1.29, 1.82) is 0 Å². The van der Waals surface area contributed by atoms with Gasteiger partial charge >= 0.3 is 0 Å². The number of rotatable bonds is 2. The molecule has 0 fully saturated rings. The van der Waals surface area contributed by atoms with Gasteiger partial charge in [0.1, 0.15) is 11.5 Å². The summed E-state index contributed by atoms with van der Waals surface area (Å²) in [4.78, 5) is 4.45. The number of imidazole rings is 1. The molecule has 0 saturated heterocycles. The maximum Gasteiger partial charge on any atom is 0.254 e. The highest BCUT2D eigenvalue weighted by atomic mass is 16.5. The van der Waals surface area contributed by atoms with E-state index in [9.17, 15) is 0 Å². The second-order valence-electron chi connectivity index (χ2n) is 3.89. The van der Waals surface area contributed by atoms with E-state index in [-0.39, 0.29) is 6.04 Å². The fraction of sp³-hybridized carbons (Fsp3) is 0.400. The molecular weight excluding hydrogens is 208 g/mol. The Hall–Kier alpha value is -1.82. The van der Waals surface area contributed by atoms with Crippen molar-refractivity contribution in [3.8, 4) is 17.3 Å². The SMILES string of the molecule is COc1cc(-c2cn3c(n2)CC(N)C3)on1. The van der Waals surface area contributed by atoms with E-state index in [0.29, 0.717) is 11.6 Å². The molecule has 6 nitrogen and oxygen atoms in total. The average Bonchev–Trinajstić information content (AvgIpc) is 2.88. The Labute approximate surface area is 92.0 Å². The molecule has 1 atom stereocenters. The molecule has 2 aromatic heterocycles. The van der Waals surface area contributed by atoms with Crippen LogP contribution in [0.3, 0.4) is 0 Å². The number of aromatic nitrogens is 3. The van der Waals surface area contributed by atoms with Crippen molar-refractivity contribution in [1.82, 2.24) is 14.7 Å². The van der Waals surface area contributed by atoms with Crippen LogP contribution in [0.1, 0.15) is 5.82 Å². The van der Waals surface area contributed by atoms with Gasteiger partial charge in [-0.3, -0.25) is 0 Å². The third-order valence-electron chi connectivity index (χ3n) is 2.69. The Morgan fingerprint density at radius 2 is 2.50 bits per heavy atom. The van der Waals surface area contributed by atoms with Gasteiger partial charge in [0, 0.05) is 25.2 Å². The second-order valence-corrected chi connectivity index (χ2v) is 3.89. The molecule has 1 aliphatic rings. The maximum absolute atomic E-state index is 5.83. The van der Waals surface area contributed by atoms with E-state index in [4.69, 9.17) is 15.0 Å². The molecule has 2 aromatic rings. The number of ether oxygens (including phenoxy) is 1. The van der Waals surface area contributed by atoms with Crippen LogP contribution in [-0.4, -0.2) is 27.9 Å². The molecule has 0 amide bonds. The van der Waals surface area contributed by atoms with Crippen LogP contribution in [0.4, 0.5) is 0 Å². The van der Waals surface area contributed by atoms with Crippen molar-refractivity contribution in [3.05, 3.63) is 18.1 Å². The number of methoxy groups -OCH3 is 1. The van der Waals surface area contributed by atoms with Gasteiger partial charge in [0.25, 0.3) is 5.88 Å². The van der Waals surface area contributed by atoms with Crippen LogP contribution >= 0.6 is 0 Å². The maximum atomic E-state index is 5.83. The molecule has 16 heavy (non-hydrogen) atoms. The highest BCUT2D eigenvalue weighted by Crippen LogP contribution is 2.25. The zero-order valence-corrected chi connectivity index (χ0v) is 8.88. The summed E-state index contributed by atoms with van der Waals surface area (Å²) in [6, 6.07) is 1.90. The van der Waals surface area contributed by atoms with Crippen molar-refractivity contribution in [2.75, 3.05) is 7.11 Å². The van der Waals surface area contributed by atoms with Crippen molar-refractivity contribution in [2.24, 2.45) is 5.73 Å². The standard InChI is InChI=1S/C10H12N4O2/c1-15-10-3-8(16-13-10)7-5-14-4-6(11)2-9(14)12-7/h3,5-6H,2,4,11H2,1H3. The first kappa shape index (κ1) is 9.41. The van der Waals surface area contributed by atoms with Crippen molar-refractivity contribution in [2.45, 2.75) is 19.0 Å². The molecule has 2 N–H and O–H groups in total. The molecule has 0 aromatic carbocycles. The van der Waals surface area contributed by atoms with Gasteiger partial charge in [-0.1, -0.05) is 0 Å². The normalized spacial score (nSPS) is 18.8. The predicted octanol–water partition coefficient (Wildman–Crippen LogP) is 0.430. The van der Waals surface area contributed by atoms with E-state index in [1.165, 1.54) is 0 Å². The van der Waals surface area contributed by atoms with Crippen molar-refractivity contribution < 1.29 is 9.26 Å². The monoisotopic (exact) mass is 220 g/mol. The minimum Gasteiger partial charge on any atom is -0.479 e. The van der Waals surface area contributed by atoms with Crippen LogP contribution in [0.2, 0.25) is 0 Å². The Balaban J connectivity index is 1.93. The van der Waals surface area contributed by atoms with E-state index in [0.717, 1.165) is 24.5 Å². The van der Waals surface area contributed by atoms with Crippen LogP contribution in [0, 0.1) is 0 Å². The topological polar surface area (TPSA) is 79.1 Å². The van der Waals surface area contributed by atoms with Gasteiger partial charge in [0.15, 0.2) is 5.76 Å². The Morgan fingerprint density at radius 1 is 1.62 bits per heavy atom. The summed E-state index contributed by atoms with van der Waals surface area (Å²) in [5, 5.41) is 3.74. The van der Waals surface area contributed by atoms with E-state index in [2.05, 4.69) is 14.7 Å². The summed E-state index contributed by atoms with van der Waals surface area (Å²) >= 11 is 0. The van der Waals surface area contributed by atoms with E-state index in [1.54, 1.807) is 13.2 Å². The first-order valence-electron chi connectivity index (χ1n) is 5.09. The first-order chi connectivity index (χ1) is 7.76. The summed E-state index contributed by atoms with van der Waals surface area (Å²) in [5.41, 5.74) is 6.60. The van der Waals surface area contributed by atoms with E-state index < -0.39 is 0 Å². The molecule has 1 unspecified atom stereocenters. The van der Waals surface area contributed by atoms with Crippen LogP contribution in [0.5, 0.6) is 5.88 Å². The summed E-state index contributed by atoms with van der Waals surface area (Å²) in [6.45, 7) is 0.813. The Morgan fingerprint density at radius 3 is 3.19 bits per heavy atom. The lowest BCUT2D eigenvalue weighted by Gasteiger charge is -1.97. The Kier molecular flexibility index (Phi) is 1.97. The van der Waals surface area contributed by atoms with Crippen molar-refractivity contribution >= 4 is 0 Å². The minimum atomic E-state index is 0.181. The number of hydrogen-bond acceptors (Lipinski definition) is 5. The molecule has 0 spiro atoms. The zero-order valence-electron chi connectivity index (χ0n) is 8.88. The molecule has 6 heteroatoms. The van der Waals surface area contributed by atoms with Crippen LogP contribution < -0.4 is 10.5 Å². The highest BCUT2D eigenvalue weighted by molar-refractivity contribution is 5.52. The highest BCUT2D eigenvalue weighted by Gasteiger charge is 2.22. The summed E-state index contributed by atoms with van der Waals surface area (Å²) in [7, 11) is 1.55. The molecule has 0 radical (unpaired) electrons. The number of hydrogen-bond donors (Lipinski definition) is 1. The summed E-state index contributed by atoms with van der Waals surface area (Å²) in [6.07, 6.45) is 2.74. The van der Waals surface area contributed by atoms with Gasteiger partial charge in [-0.15, -0.1) is 0 Å². The Bertz CT molecular complexity index is 493. The van der Waals surface area contributed by atoms with Gasteiger partial charge in [-0.2, -0.15) is 0 Å². The summed E-state index contributed by atoms with van der Waals surface area (Å²) < 4.78 is 12.1. The lowest BCUT2D eigenvalue weighted by Crippen LogP contribution is -2.20. The third kappa shape index (κ3) is 1.38. The van der Waals surface area contributed by atoms with Crippen LogP contribution in [0.15, 0.2) is 16.8 Å². The number of nitrogens with two attached hydrogens (primary N) is 1. The second kappa shape index (κ2) is 3.34. The van der Waals surface area contributed by atoms with Gasteiger partial charge in [-0.25, -0.2) is 4.98 Å². The molecule has 0 saturated carbocycles. The van der Waals surface area contributed by atoms with E-state index in [1.807, 2.05) is 6.20 Å². The first-order valence-corrected chi connectivity index (χ1v) is 5.09. The molecule has 0 bridgehead atoms. The molecular formula is C10H12N4O2. The minimum absolute atomic E-state index is 0.181. The van der Waals surface area contributed by atoms with Gasteiger partial charge in [0.05, 0.1) is 13.2 Å². The van der Waals surface area contributed by atoms with E-state index >= 15 is 0 Å². The largest absolute Gasteiger partial charge is 0.479 e. The summed E-state index contributed by atoms with van der Waals surface area (Å²) in [5.74, 6) is 2.07. The fourth-order valence-electron chi connectivity index (χ4n) is 1.92. The predicted molar refractivity (Wildman–Crippen MR) is 56.0 cm³/mol. The fourth-order valence-corrected chi connectivity index (χ4v) is 1.92. The average molecular weight is 220 g/mol. The molecule has 84 valence electrons. The number of nitrogens with zero attached hydrogens (tertiary/aromatic N) is 3. The van der Waals surface area contributed by atoms with Crippen molar-refractivity contribution in [3.63, 3.8) is 0 Å². The van der Waals surface area contributed by atoms with Gasteiger partial charge in [-0.05, 0) is 5.16 Å². The number of fused-ring (bicyclic) bond motifs is 1. The molecule has 1 aliphatic heterocycles. The smallest absolute Gasteiger partial charge is 0.254 e. The lowest BCUT2D eigenvalue weighted by atomic mass is 10.2. The van der Waals surface area contributed by atoms with Crippen LogP contribution in [-0.2, 0) is 13.0 Å². The third-order valence-corrected chi connectivity index (χ3v) is 2.69. The molecule has 0 aliphatic carbocycles. The molecule has 3 heterocycles. The van der Waals surface area contributed by atoms with Gasteiger partial charge in [0.2, 0.25) is 0 Å². The van der Waals surface area contributed by atoms with Crippen LogP contribution in [0.25, 0.3) is 11.5 Å². The quantitative estimate of drug-likeness (QED) is 0.793.